The fourth-order valence-corrected chi connectivity index (χ4v) is 3.70. The van der Waals surface area contributed by atoms with Gasteiger partial charge in [-0.25, -0.2) is 4.98 Å². The van der Waals surface area contributed by atoms with Crippen LogP contribution in [0.2, 0.25) is 0 Å². The van der Waals surface area contributed by atoms with Gasteiger partial charge in [0.15, 0.2) is 0 Å². The summed E-state index contributed by atoms with van der Waals surface area (Å²) < 4.78 is 1.06. The summed E-state index contributed by atoms with van der Waals surface area (Å²) in [6.45, 7) is 0. The summed E-state index contributed by atoms with van der Waals surface area (Å²) in [7, 11) is 0. The Morgan fingerprint density at radius 2 is 1.62 bits per heavy atom. The number of aromatic nitrogens is 1. The molecule has 0 aliphatic rings. The molecule has 4 heteroatoms. The van der Waals surface area contributed by atoms with E-state index in [9.17, 15) is 5.11 Å². The van der Waals surface area contributed by atoms with Gasteiger partial charge in [0.2, 0.25) is 0 Å². The molecule has 24 heavy (non-hydrogen) atoms. The lowest BCUT2D eigenvalue weighted by atomic mass is 10.0. The van der Waals surface area contributed by atoms with Gasteiger partial charge >= 0.3 is 0 Å². The third-order valence-corrected chi connectivity index (χ3v) is 4.93. The van der Waals surface area contributed by atoms with Gasteiger partial charge < -0.3 is 5.11 Å². The molecule has 0 bridgehead atoms. The van der Waals surface area contributed by atoms with Crippen LogP contribution in [0.15, 0.2) is 66.7 Å². The van der Waals surface area contributed by atoms with Crippen molar-refractivity contribution in [3.8, 4) is 33.5 Å². The van der Waals surface area contributed by atoms with E-state index in [2.05, 4.69) is 6.07 Å². The Morgan fingerprint density at radius 1 is 0.875 bits per heavy atom. The zero-order chi connectivity index (χ0) is 16.5. The van der Waals surface area contributed by atoms with E-state index in [1.54, 1.807) is 23.5 Å². The second-order valence-electron chi connectivity index (χ2n) is 5.38. The summed E-state index contributed by atoms with van der Waals surface area (Å²) in [6, 6.07) is 22.9. The van der Waals surface area contributed by atoms with Gasteiger partial charge in [0.05, 0.1) is 27.4 Å². The average molecular weight is 328 g/mol. The average Bonchev–Trinajstić information content (AvgIpc) is 3.06. The SMILES string of the molecule is N#Cc1ccc(-c2cccc3sc(-c4ccccc4O)nc23)cc1. The van der Waals surface area contributed by atoms with E-state index in [0.717, 1.165) is 31.9 Å². The molecular weight excluding hydrogens is 316 g/mol. The van der Waals surface area contributed by atoms with E-state index in [1.165, 1.54) is 0 Å². The number of phenols is 1. The second kappa shape index (κ2) is 5.80. The fraction of sp³-hybridized carbons (Fsp3) is 0. The smallest absolute Gasteiger partial charge is 0.128 e. The summed E-state index contributed by atoms with van der Waals surface area (Å²) in [4.78, 5) is 4.76. The van der Waals surface area contributed by atoms with Crippen molar-refractivity contribution in [2.45, 2.75) is 0 Å². The van der Waals surface area contributed by atoms with Crippen LogP contribution in [0.3, 0.4) is 0 Å². The number of hydrogen-bond donors (Lipinski definition) is 1. The molecule has 3 aromatic carbocycles. The van der Waals surface area contributed by atoms with Crippen molar-refractivity contribution < 1.29 is 5.11 Å². The zero-order valence-corrected chi connectivity index (χ0v) is 13.4. The first kappa shape index (κ1) is 14.4. The van der Waals surface area contributed by atoms with Gasteiger partial charge in [-0.1, -0.05) is 36.4 Å². The minimum absolute atomic E-state index is 0.233. The molecule has 0 saturated carbocycles. The lowest BCUT2D eigenvalue weighted by Gasteiger charge is -2.02. The molecule has 0 unspecified atom stereocenters. The summed E-state index contributed by atoms with van der Waals surface area (Å²) in [5, 5.41) is 19.8. The molecule has 1 heterocycles. The van der Waals surface area contributed by atoms with E-state index in [-0.39, 0.29) is 5.75 Å². The van der Waals surface area contributed by atoms with Crippen molar-refractivity contribution >= 4 is 21.6 Å². The molecule has 0 radical (unpaired) electrons. The topological polar surface area (TPSA) is 56.9 Å². The maximum absolute atomic E-state index is 10.1. The van der Waals surface area contributed by atoms with E-state index in [0.29, 0.717) is 5.56 Å². The minimum atomic E-state index is 0.233. The van der Waals surface area contributed by atoms with Gasteiger partial charge in [0, 0.05) is 5.56 Å². The highest BCUT2D eigenvalue weighted by Gasteiger charge is 2.13. The van der Waals surface area contributed by atoms with Crippen LogP contribution in [-0.2, 0) is 0 Å². The maximum atomic E-state index is 10.1. The molecule has 0 spiro atoms. The molecule has 114 valence electrons. The van der Waals surface area contributed by atoms with Crippen molar-refractivity contribution in [3.63, 3.8) is 0 Å². The summed E-state index contributed by atoms with van der Waals surface area (Å²) in [6.07, 6.45) is 0. The highest BCUT2D eigenvalue weighted by Crippen LogP contribution is 2.38. The third kappa shape index (κ3) is 2.41. The van der Waals surface area contributed by atoms with Crippen LogP contribution in [0.1, 0.15) is 5.56 Å². The number of aromatic hydroxyl groups is 1. The standard InChI is InChI=1S/C20H12N2OS/c21-12-13-8-10-14(11-9-13)15-5-3-7-18-19(15)22-20(24-18)16-4-1-2-6-17(16)23/h1-11,23H. The molecule has 3 nitrogen and oxygen atoms in total. The zero-order valence-electron chi connectivity index (χ0n) is 12.6. The van der Waals surface area contributed by atoms with Crippen molar-refractivity contribution in [2.24, 2.45) is 0 Å². The number of nitriles is 1. The first-order chi connectivity index (χ1) is 11.8. The molecule has 4 aromatic rings. The Labute approximate surface area is 143 Å². The normalized spacial score (nSPS) is 10.6. The molecule has 0 amide bonds. The van der Waals surface area contributed by atoms with Gasteiger partial charge in [-0.15, -0.1) is 11.3 Å². The van der Waals surface area contributed by atoms with E-state index in [1.807, 2.05) is 54.6 Å². The molecule has 4 rings (SSSR count). The van der Waals surface area contributed by atoms with Gasteiger partial charge in [0.25, 0.3) is 0 Å². The second-order valence-corrected chi connectivity index (χ2v) is 6.41. The predicted octanol–water partition coefficient (Wildman–Crippen LogP) is 5.21. The van der Waals surface area contributed by atoms with Crippen LogP contribution in [0.5, 0.6) is 5.75 Å². The molecular formula is C20H12N2OS. The van der Waals surface area contributed by atoms with Crippen LogP contribution < -0.4 is 0 Å². The van der Waals surface area contributed by atoms with E-state index < -0.39 is 0 Å². The summed E-state index contributed by atoms with van der Waals surface area (Å²) in [5.74, 6) is 0.233. The first-order valence-corrected chi connectivity index (χ1v) is 8.26. The van der Waals surface area contributed by atoms with E-state index in [4.69, 9.17) is 10.2 Å². The molecule has 0 aliphatic heterocycles. The maximum Gasteiger partial charge on any atom is 0.128 e. The predicted molar refractivity (Wildman–Crippen MR) is 96.9 cm³/mol. The van der Waals surface area contributed by atoms with Crippen LogP contribution in [0, 0.1) is 11.3 Å². The van der Waals surface area contributed by atoms with Crippen LogP contribution >= 0.6 is 11.3 Å². The first-order valence-electron chi connectivity index (χ1n) is 7.45. The highest BCUT2D eigenvalue weighted by molar-refractivity contribution is 7.21. The van der Waals surface area contributed by atoms with Gasteiger partial charge in [0.1, 0.15) is 10.8 Å². The molecule has 1 aromatic heterocycles. The molecule has 0 atom stereocenters. The molecule has 0 fully saturated rings. The van der Waals surface area contributed by atoms with Crippen molar-refractivity contribution in [1.82, 2.24) is 4.98 Å². The number of thiazole rings is 1. The van der Waals surface area contributed by atoms with Gasteiger partial charge in [-0.05, 0) is 35.9 Å². The number of phenolic OH excluding ortho intramolecular Hbond substituents is 1. The summed E-state index contributed by atoms with van der Waals surface area (Å²) >= 11 is 1.56. The monoisotopic (exact) mass is 328 g/mol. The number of hydrogen-bond acceptors (Lipinski definition) is 4. The third-order valence-electron chi connectivity index (χ3n) is 3.88. The number of benzene rings is 3. The van der Waals surface area contributed by atoms with Crippen LogP contribution in [0.25, 0.3) is 31.9 Å². The van der Waals surface area contributed by atoms with Crippen molar-refractivity contribution in [1.29, 1.82) is 5.26 Å². The Bertz CT molecular complexity index is 1070. The fourth-order valence-electron chi connectivity index (χ4n) is 2.68. The van der Waals surface area contributed by atoms with Crippen molar-refractivity contribution in [2.75, 3.05) is 0 Å². The number of fused-ring (bicyclic) bond motifs is 1. The van der Waals surface area contributed by atoms with Crippen LogP contribution in [0.4, 0.5) is 0 Å². The van der Waals surface area contributed by atoms with E-state index >= 15 is 0 Å². The lowest BCUT2D eigenvalue weighted by molar-refractivity contribution is 0.477. The molecule has 0 saturated heterocycles. The quantitative estimate of drug-likeness (QED) is 0.549. The minimum Gasteiger partial charge on any atom is -0.507 e. The Morgan fingerprint density at radius 3 is 2.38 bits per heavy atom. The number of para-hydroxylation sites is 2. The number of rotatable bonds is 2. The summed E-state index contributed by atoms with van der Waals surface area (Å²) in [5.41, 5.74) is 4.33. The van der Waals surface area contributed by atoms with Crippen LogP contribution in [-0.4, -0.2) is 10.1 Å². The van der Waals surface area contributed by atoms with Gasteiger partial charge in [-0.2, -0.15) is 5.26 Å². The molecule has 1 N–H and O–H groups in total. The highest BCUT2D eigenvalue weighted by atomic mass is 32.1. The van der Waals surface area contributed by atoms with Crippen molar-refractivity contribution in [3.05, 3.63) is 72.3 Å². The largest absolute Gasteiger partial charge is 0.507 e. The number of nitrogens with zero attached hydrogens (tertiary/aromatic N) is 2. The van der Waals surface area contributed by atoms with Gasteiger partial charge in [-0.3, -0.25) is 0 Å². The Balaban J connectivity index is 1.89. The lowest BCUT2D eigenvalue weighted by Crippen LogP contribution is -1.82. The molecule has 0 aliphatic carbocycles. The Hall–Kier alpha value is -3.16. The Kier molecular flexibility index (Phi) is 3.49.